The number of nitrogens with zero attached hydrogens (tertiary/aromatic N) is 3. The van der Waals surface area contributed by atoms with Crippen LogP contribution < -0.4 is 14.8 Å². The molecule has 1 aromatic heterocycles. The molecule has 0 spiro atoms. The maximum atomic E-state index is 5.42. The zero-order valence-electron chi connectivity index (χ0n) is 9.74. The molecule has 6 heteroatoms. The van der Waals surface area contributed by atoms with E-state index in [1.165, 1.54) is 7.11 Å². The van der Waals surface area contributed by atoms with Crippen molar-refractivity contribution in [1.29, 1.82) is 0 Å². The summed E-state index contributed by atoms with van der Waals surface area (Å²) in [6.07, 6.45) is 5.30. The maximum Gasteiger partial charge on any atom is 0.325 e. The zero-order chi connectivity index (χ0) is 12.2. The first-order valence-electron chi connectivity index (χ1n) is 4.65. The average molecular weight is 222 g/mol. The minimum Gasteiger partial charge on any atom is -0.467 e. The molecule has 1 heterocycles. The second-order valence-corrected chi connectivity index (χ2v) is 3.43. The summed E-state index contributed by atoms with van der Waals surface area (Å²) in [7, 11) is 3.15. The lowest BCUT2D eigenvalue weighted by Gasteiger charge is -2.18. The Morgan fingerprint density at radius 3 is 2.38 bits per heavy atom. The monoisotopic (exact) mass is 222 g/mol. The molecule has 1 rings (SSSR count). The second-order valence-electron chi connectivity index (χ2n) is 3.43. The van der Waals surface area contributed by atoms with Gasteiger partial charge in [0.05, 0.1) is 7.11 Å². The molecule has 86 valence electrons. The van der Waals surface area contributed by atoms with E-state index in [0.717, 1.165) is 0 Å². The number of hydrogen-bond acceptors (Lipinski definition) is 6. The molecule has 6 nitrogen and oxygen atoms in total. The first-order chi connectivity index (χ1) is 7.50. The molecule has 0 aliphatic carbocycles. The third kappa shape index (κ3) is 2.98. The van der Waals surface area contributed by atoms with Crippen LogP contribution in [0.1, 0.15) is 13.8 Å². The van der Waals surface area contributed by atoms with Crippen molar-refractivity contribution in [2.45, 2.75) is 19.4 Å². The van der Waals surface area contributed by atoms with Gasteiger partial charge < -0.3 is 14.8 Å². The van der Waals surface area contributed by atoms with Crippen molar-refractivity contribution in [3.63, 3.8) is 0 Å². The fourth-order valence-corrected chi connectivity index (χ4v) is 0.844. The van der Waals surface area contributed by atoms with Crippen LogP contribution in [0.15, 0.2) is 0 Å². The van der Waals surface area contributed by atoms with E-state index in [4.69, 9.17) is 15.9 Å². The Labute approximate surface area is 94.4 Å². The summed E-state index contributed by atoms with van der Waals surface area (Å²) in [6, 6.07) is 0.293. The van der Waals surface area contributed by atoms with Gasteiger partial charge in [-0.2, -0.15) is 9.97 Å². The Balaban J connectivity index is 3.01. The highest BCUT2D eigenvalue weighted by Crippen LogP contribution is 2.17. The number of hydrogen-bond donors (Lipinski definition) is 1. The van der Waals surface area contributed by atoms with Crippen molar-refractivity contribution in [3.05, 3.63) is 0 Å². The summed E-state index contributed by atoms with van der Waals surface area (Å²) >= 11 is 0. The van der Waals surface area contributed by atoms with E-state index in [0.29, 0.717) is 5.95 Å². The van der Waals surface area contributed by atoms with Crippen LogP contribution in [0, 0.1) is 12.3 Å². The molecular formula is C10H14N4O2. The van der Waals surface area contributed by atoms with E-state index < -0.39 is 5.60 Å². The summed E-state index contributed by atoms with van der Waals surface area (Å²) in [5, 5.41) is 2.77. The van der Waals surface area contributed by atoms with Gasteiger partial charge in [-0.15, -0.1) is 11.4 Å². The lowest BCUT2D eigenvalue weighted by molar-refractivity contribution is 0.154. The van der Waals surface area contributed by atoms with Crippen molar-refractivity contribution < 1.29 is 9.47 Å². The molecule has 0 fully saturated rings. The molecule has 0 aromatic carbocycles. The van der Waals surface area contributed by atoms with Crippen LogP contribution >= 0.6 is 0 Å². The summed E-state index contributed by atoms with van der Waals surface area (Å²) in [5.74, 6) is 2.84. The quantitative estimate of drug-likeness (QED) is 0.757. The molecule has 0 aliphatic rings. The molecule has 1 N–H and O–H groups in total. The van der Waals surface area contributed by atoms with Crippen LogP contribution in [0.25, 0.3) is 0 Å². The fourth-order valence-electron chi connectivity index (χ4n) is 0.844. The molecular weight excluding hydrogens is 208 g/mol. The zero-order valence-corrected chi connectivity index (χ0v) is 9.74. The predicted octanol–water partition coefficient (Wildman–Crippen LogP) is 0.712. The van der Waals surface area contributed by atoms with Crippen LogP contribution in [0.3, 0.4) is 0 Å². The number of terminal acetylenes is 1. The Morgan fingerprint density at radius 2 is 1.88 bits per heavy atom. The molecule has 0 saturated carbocycles. The van der Waals surface area contributed by atoms with Gasteiger partial charge in [0.25, 0.3) is 0 Å². The van der Waals surface area contributed by atoms with Crippen molar-refractivity contribution in [1.82, 2.24) is 15.0 Å². The molecule has 0 saturated heterocycles. The predicted molar refractivity (Wildman–Crippen MR) is 59.5 cm³/mol. The highest BCUT2D eigenvalue weighted by atomic mass is 16.5. The van der Waals surface area contributed by atoms with E-state index in [1.807, 2.05) is 0 Å². The third-order valence-electron chi connectivity index (χ3n) is 1.69. The van der Waals surface area contributed by atoms with E-state index in [9.17, 15) is 0 Å². The first-order valence-corrected chi connectivity index (χ1v) is 4.65. The lowest BCUT2D eigenvalue weighted by Crippen LogP contribution is -2.26. The average Bonchev–Trinajstić information content (AvgIpc) is 2.28. The third-order valence-corrected chi connectivity index (χ3v) is 1.69. The highest BCUT2D eigenvalue weighted by Gasteiger charge is 2.19. The topological polar surface area (TPSA) is 69.2 Å². The van der Waals surface area contributed by atoms with Crippen molar-refractivity contribution in [2.75, 3.05) is 19.5 Å². The lowest BCUT2D eigenvalue weighted by atomic mass is 10.2. The summed E-state index contributed by atoms with van der Waals surface area (Å²) in [5.41, 5.74) is -0.780. The van der Waals surface area contributed by atoms with Crippen LogP contribution in [-0.4, -0.2) is 34.7 Å². The van der Waals surface area contributed by atoms with Gasteiger partial charge in [-0.05, 0) is 13.8 Å². The summed E-state index contributed by atoms with van der Waals surface area (Å²) in [6.45, 7) is 3.48. The summed E-state index contributed by atoms with van der Waals surface area (Å²) in [4.78, 5) is 11.9. The largest absolute Gasteiger partial charge is 0.467 e. The minimum atomic E-state index is -0.780. The summed E-state index contributed by atoms with van der Waals surface area (Å²) < 4.78 is 10.3. The van der Waals surface area contributed by atoms with Crippen molar-refractivity contribution in [3.8, 4) is 24.4 Å². The van der Waals surface area contributed by atoms with Gasteiger partial charge in [0, 0.05) is 7.05 Å². The van der Waals surface area contributed by atoms with E-state index >= 15 is 0 Å². The number of nitrogens with one attached hydrogen (secondary N) is 1. The number of anilines is 1. The van der Waals surface area contributed by atoms with Crippen LogP contribution in [0.5, 0.6) is 12.0 Å². The number of ether oxygens (including phenoxy) is 2. The normalized spacial score (nSPS) is 10.4. The van der Waals surface area contributed by atoms with Gasteiger partial charge in [0.2, 0.25) is 5.95 Å². The van der Waals surface area contributed by atoms with E-state index in [1.54, 1.807) is 20.9 Å². The van der Waals surface area contributed by atoms with Crippen LogP contribution in [-0.2, 0) is 0 Å². The van der Waals surface area contributed by atoms with Gasteiger partial charge in [-0.3, -0.25) is 0 Å². The molecule has 0 atom stereocenters. The van der Waals surface area contributed by atoms with E-state index in [2.05, 4.69) is 26.2 Å². The van der Waals surface area contributed by atoms with Crippen LogP contribution in [0.2, 0.25) is 0 Å². The Bertz CT molecular complexity index is 390. The van der Waals surface area contributed by atoms with Gasteiger partial charge >= 0.3 is 12.0 Å². The fraction of sp³-hybridized carbons (Fsp3) is 0.500. The van der Waals surface area contributed by atoms with Crippen molar-refractivity contribution >= 4 is 5.95 Å². The van der Waals surface area contributed by atoms with Gasteiger partial charge in [-0.1, -0.05) is 5.92 Å². The standard InChI is InChI=1S/C10H14N4O2/c1-6-10(2,3)16-9-13-7(11-4)12-8(14-9)15-5/h1H,2-5H3,(H,11,12,13,14). The molecule has 16 heavy (non-hydrogen) atoms. The first kappa shape index (κ1) is 12.0. The minimum absolute atomic E-state index is 0.124. The number of rotatable bonds is 4. The number of methoxy groups -OCH3 is 1. The van der Waals surface area contributed by atoms with Crippen molar-refractivity contribution in [2.24, 2.45) is 0 Å². The van der Waals surface area contributed by atoms with E-state index in [-0.39, 0.29) is 12.0 Å². The van der Waals surface area contributed by atoms with Gasteiger partial charge in [0.15, 0.2) is 5.60 Å². The second kappa shape index (κ2) is 4.66. The molecule has 0 aliphatic heterocycles. The molecule has 1 aromatic rings. The van der Waals surface area contributed by atoms with Gasteiger partial charge in [0.1, 0.15) is 0 Å². The number of aromatic nitrogens is 3. The van der Waals surface area contributed by atoms with Crippen LogP contribution in [0.4, 0.5) is 5.95 Å². The molecule has 0 unspecified atom stereocenters. The molecule has 0 bridgehead atoms. The molecule has 0 amide bonds. The smallest absolute Gasteiger partial charge is 0.325 e. The molecule has 0 radical (unpaired) electrons. The Kier molecular flexibility index (Phi) is 3.51. The Hall–Kier alpha value is -2.03. The highest BCUT2D eigenvalue weighted by molar-refractivity contribution is 5.26. The van der Waals surface area contributed by atoms with Gasteiger partial charge in [-0.25, -0.2) is 0 Å². The maximum absolute atomic E-state index is 5.42. The SMILES string of the molecule is C#CC(C)(C)Oc1nc(NC)nc(OC)n1. The Morgan fingerprint density at radius 1 is 1.25 bits per heavy atom.